The summed E-state index contributed by atoms with van der Waals surface area (Å²) in [5, 5.41) is 0. The molecule has 0 radical (unpaired) electrons. The molecule has 0 spiro atoms. The third-order valence-corrected chi connectivity index (χ3v) is 3.25. The molecule has 0 saturated carbocycles. The fourth-order valence-electron chi connectivity index (χ4n) is 2.33. The van der Waals surface area contributed by atoms with Gasteiger partial charge in [-0.15, -0.1) is 0 Å². The molecule has 0 saturated heterocycles. The lowest BCUT2D eigenvalue weighted by molar-refractivity contribution is 0.0890. The van der Waals surface area contributed by atoms with E-state index in [0.717, 1.165) is 24.2 Å². The van der Waals surface area contributed by atoms with E-state index in [1.807, 2.05) is 25.1 Å². The van der Waals surface area contributed by atoms with Crippen molar-refractivity contribution < 1.29 is 9.53 Å². The van der Waals surface area contributed by atoms with Gasteiger partial charge in [0.05, 0.1) is 17.7 Å². The lowest BCUT2D eigenvalue weighted by atomic mass is 9.87. The number of hydrogen-bond acceptors (Lipinski definition) is 3. The Morgan fingerprint density at radius 2 is 2.29 bits per heavy atom. The number of Topliss-reactive ketones (excluding diaryl/α,β-unsaturated/α-hetero) is 1. The largest absolute Gasteiger partial charge is 0.492 e. The lowest BCUT2D eigenvalue weighted by Crippen LogP contribution is -2.44. The van der Waals surface area contributed by atoms with E-state index in [9.17, 15) is 4.79 Å². The molecular formula is C14H19NO2. The molecule has 1 aliphatic rings. The molecule has 92 valence electrons. The first kappa shape index (κ1) is 12.1. The summed E-state index contributed by atoms with van der Waals surface area (Å²) < 4.78 is 5.55. The number of hydrogen-bond donors (Lipinski definition) is 1. The molecule has 0 bridgehead atoms. The number of para-hydroxylation sites is 1. The summed E-state index contributed by atoms with van der Waals surface area (Å²) in [7, 11) is 0. The van der Waals surface area contributed by atoms with E-state index in [2.05, 4.69) is 0 Å². The van der Waals surface area contributed by atoms with Crippen molar-refractivity contribution >= 4 is 5.78 Å². The number of fused-ring (bicyclic) bond motifs is 1. The highest BCUT2D eigenvalue weighted by molar-refractivity contribution is 6.05. The number of rotatable bonds is 4. The zero-order valence-corrected chi connectivity index (χ0v) is 10.5. The van der Waals surface area contributed by atoms with Crippen molar-refractivity contribution in [1.82, 2.24) is 0 Å². The van der Waals surface area contributed by atoms with Crippen LogP contribution in [0.4, 0.5) is 0 Å². The molecule has 17 heavy (non-hydrogen) atoms. The SMILES string of the molecule is CCCC(C)(N)C(=O)c1cccc2c1OCC2. The van der Waals surface area contributed by atoms with Crippen molar-refractivity contribution in [2.75, 3.05) is 6.61 Å². The molecule has 1 heterocycles. The van der Waals surface area contributed by atoms with Gasteiger partial charge in [-0.25, -0.2) is 0 Å². The van der Waals surface area contributed by atoms with Crippen molar-refractivity contribution in [3.8, 4) is 5.75 Å². The molecule has 2 N–H and O–H groups in total. The summed E-state index contributed by atoms with van der Waals surface area (Å²) in [5.41, 5.74) is 7.05. The molecule has 1 atom stereocenters. The Kier molecular flexibility index (Phi) is 3.20. The van der Waals surface area contributed by atoms with Gasteiger partial charge < -0.3 is 10.5 Å². The van der Waals surface area contributed by atoms with E-state index >= 15 is 0 Å². The minimum atomic E-state index is -0.796. The number of ether oxygens (including phenoxy) is 1. The summed E-state index contributed by atoms with van der Waals surface area (Å²) >= 11 is 0. The van der Waals surface area contributed by atoms with Gasteiger partial charge in [-0.2, -0.15) is 0 Å². The van der Waals surface area contributed by atoms with Gasteiger partial charge in [0.15, 0.2) is 5.78 Å². The Labute approximate surface area is 102 Å². The summed E-state index contributed by atoms with van der Waals surface area (Å²) in [4.78, 5) is 12.4. The average Bonchev–Trinajstić information content (AvgIpc) is 2.75. The van der Waals surface area contributed by atoms with Crippen molar-refractivity contribution in [2.24, 2.45) is 5.73 Å². The van der Waals surface area contributed by atoms with Gasteiger partial charge in [0, 0.05) is 6.42 Å². The first-order valence-electron chi connectivity index (χ1n) is 6.14. The Morgan fingerprint density at radius 1 is 1.53 bits per heavy atom. The highest BCUT2D eigenvalue weighted by atomic mass is 16.5. The maximum Gasteiger partial charge on any atom is 0.186 e. The van der Waals surface area contributed by atoms with Gasteiger partial charge >= 0.3 is 0 Å². The summed E-state index contributed by atoms with van der Waals surface area (Å²) in [6.07, 6.45) is 2.47. The van der Waals surface area contributed by atoms with Crippen molar-refractivity contribution in [3.05, 3.63) is 29.3 Å². The van der Waals surface area contributed by atoms with E-state index in [1.165, 1.54) is 0 Å². The fraction of sp³-hybridized carbons (Fsp3) is 0.500. The average molecular weight is 233 g/mol. The maximum absolute atomic E-state index is 12.4. The van der Waals surface area contributed by atoms with Crippen molar-refractivity contribution in [1.29, 1.82) is 0 Å². The van der Waals surface area contributed by atoms with E-state index < -0.39 is 5.54 Å². The van der Waals surface area contributed by atoms with Crippen LogP contribution < -0.4 is 10.5 Å². The second-order valence-electron chi connectivity index (χ2n) is 4.89. The molecule has 1 aromatic carbocycles. The third kappa shape index (κ3) is 2.20. The number of carbonyl (C=O) groups excluding carboxylic acids is 1. The fourth-order valence-corrected chi connectivity index (χ4v) is 2.33. The second-order valence-corrected chi connectivity index (χ2v) is 4.89. The second kappa shape index (κ2) is 4.49. The molecule has 0 aliphatic carbocycles. The topological polar surface area (TPSA) is 52.3 Å². The van der Waals surface area contributed by atoms with Gasteiger partial charge in [-0.1, -0.05) is 25.5 Å². The molecule has 1 unspecified atom stereocenters. The van der Waals surface area contributed by atoms with Crippen molar-refractivity contribution in [3.63, 3.8) is 0 Å². The molecule has 0 amide bonds. The normalized spacial score (nSPS) is 17.1. The zero-order valence-electron chi connectivity index (χ0n) is 10.5. The van der Waals surface area contributed by atoms with Crippen molar-refractivity contribution in [2.45, 2.75) is 38.6 Å². The van der Waals surface area contributed by atoms with Crippen LogP contribution in [0.2, 0.25) is 0 Å². The highest BCUT2D eigenvalue weighted by Gasteiger charge is 2.32. The van der Waals surface area contributed by atoms with Crippen LogP contribution in [0.3, 0.4) is 0 Å². The van der Waals surface area contributed by atoms with Gasteiger partial charge in [-0.3, -0.25) is 4.79 Å². The quantitative estimate of drug-likeness (QED) is 0.812. The zero-order chi connectivity index (χ0) is 12.5. The van der Waals surface area contributed by atoms with Crippen LogP contribution in [-0.2, 0) is 6.42 Å². The minimum Gasteiger partial charge on any atom is -0.492 e. The molecule has 0 aromatic heterocycles. The Morgan fingerprint density at radius 3 is 3.00 bits per heavy atom. The smallest absolute Gasteiger partial charge is 0.186 e. The summed E-state index contributed by atoms with van der Waals surface area (Å²) in [6.45, 7) is 4.49. The van der Waals surface area contributed by atoms with Crippen LogP contribution in [0, 0.1) is 0 Å². The molecule has 1 aromatic rings. The number of nitrogens with two attached hydrogens (primary N) is 1. The number of benzene rings is 1. The molecule has 1 aliphatic heterocycles. The van der Waals surface area contributed by atoms with Crippen LogP contribution >= 0.6 is 0 Å². The first-order valence-corrected chi connectivity index (χ1v) is 6.14. The summed E-state index contributed by atoms with van der Waals surface area (Å²) in [5.74, 6) is 0.725. The summed E-state index contributed by atoms with van der Waals surface area (Å²) in [6, 6.07) is 5.73. The Hall–Kier alpha value is -1.35. The molecule has 3 nitrogen and oxygen atoms in total. The number of carbonyl (C=O) groups is 1. The predicted octanol–water partition coefficient (Wildman–Crippen LogP) is 2.32. The Bertz CT molecular complexity index is 438. The van der Waals surface area contributed by atoms with Gasteiger partial charge in [0.25, 0.3) is 0 Å². The molecule has 2 rings (SSSR count). The predicted molar refractivity (Wildman–Crippen MR) is 67.5 cm³/mol. The van der Waals surface area contributed by atoms with Gasteiger partial charge in [0.2, 0.25) is 0 Å². The minimum absolute atomic E-state index is 0.0156. The third-order valence-electron chi connectivity index (χ3n) is 3.25. The van der Waals surface area contributed by atoms with Crippen LogP contribution in [0.1, 0.15) is 42.6 Å². The van der Waals surface area contributed by atoms with Gasteiger partial charge in [0.1, 0.15) is 5.75 Å². The van der Waals surface area contributed by atoms with E-state index in [0.29, 0.717) is 18.6 Å². The van der Waals surface area contributed by atoms with E-state index in [4.69, 9.17) is 10.5 Å². The molecule has 3 heteroatoms. The highest BCUT2D eigenvalue weighted by Crippen LogP contribution is 2.32. The monoisotopic (exact) mass is 233 g/mol. The molecular weight excluding hydrogens is 214 g/mol. The maximum atomic E-state index is 12.4. The van der Waals surface area contributed by atoms with E-state index in [-0.39, 0.29) is 5.78 Å². The standard InChI is InChI=1S/C14H19NO2/c1-3-8-14(2,15)13(16)11-6-4-5-10-7-9-17-12(10)11/h4-6H,3,7-9,15H2,1-2H3. The van der Waals surface area contributed by atoms with Crippen LogP contribution in [0.15, 0.2) is 18.2 Å². The number of ketones is 1. The van der Waals surface area contributed by atoms with E-state index in [1.54, 1.807) is 6.92 Å². The lowest BCUT2D eigenvalue weighted by Gasteiger charge is -2.23. The first-order chi connectivity index (χ1) is 8.06. The van der Waals surface area contributed by atoms with Crippen LogP contribution in [0.25, 0.3) is 0 Å². The van der Waals surface area contributed by atoms with Crippen LogP contribution in [0.5, 0.6) is 5.75 Å². The molecule has 0 fully saturated rings. The van der Waals surface area contributed by atoms with Crippen LogP contribution in [-0.4, -0.2) is 17.9 Å². The van der Waals surface area contributed by atoms with Gasteiger partial charge in [-0.05, 0) is 25.0 Å². The Balaban J connectivity index is 2.35.